The van der Waals surface area contributed by atoms with Gasteiger partial charge in [-0.3, -0.25) is 14.6 Å². The summed E-state index contributed by atoms with van der Waals surface area (Å²) in [6.07, 6.45) is 4.10. The number of carbonyl (C=O) groups is 1. The van der Waals surface area contributed by atoms with Crippen LogP contribution in [0.15, 0.2) is 23.4 Å². The van der Waals surface area contributed by atoms with Crippen molar-refractivity contribution in [2.45, 2.75) is 13.3 Å². The van der Waals surface area contributed by atoms with Crippen LogP contribution in [0.5, 0.6) is 0 Å². The van der Waals surface area contributed by atoms with Crippen LogP contribution in [-0.2, 0) is 11.2 Å². The van der Waals surface area contributed by atoms with E-state index in [-0.39, 0.29) is 17.8 Å². The molecule has 0 atom stereocenters. The van der Waals surface area contributed by atoms with Crippen LogP contribution < -0.4 is 5.56 Å². The van der Waals surface area contributed by atoms with Crippen LogP contribution in [-0.4, -0.2) is 31.0 Å². The quantitative estimate of drug-likeness (QED) is 0.798. The molecule has 0 aliphatic carbocycles. The predicted molar refractivity (Wildman–Crippen MR) is 62.0 cm³/mol. The summed E-state index contributed by atoms with van der Waals surface area (Å²) in [6, 6.07) is 0. The molecular weight excluding hydrogens is 236 g/mol. The molecule has 0 aliphatic rings. The van der Waals surface area contributed by atoms with Crippen LogP contribution in [0.4, 0.5) is 0 Å². The molecule has 2 N–H and O–H groups in total. The maximum atomic E-state index is 11.8. The molecule has 0 bridgehead atoms. The van der Waals surface area contributed by atoms with Crippen molar-refractivity contribution in [2.75, 3.05) is 0 Å². The lowest BCUT2D eigenvalue weighted by Gasteiger charge is -2.04. The summed E-state index contributed by atoms with van der Waals surface area (Å²) in [5.74, 6) is -0.794. The fraction of sp³-hybridized carbons (Fsp3) is 0.182. The van der Waals surface area contributed by atoms with Gasteiger partial charge in [-0.1, -0.05) is 0 Å². The third kappa shape index (κ3) is 2.40. The lowest BCUT2D eigenvalue weighted by atomic mass is 10.1. The van der Waals surface area contributed by atoms with Crippen LogP contribution in [0.25, 0.3) is 11.5 Å². The van der Waals surface area contributed by atoms with Crippen molar-refractivity contribution in [3.8, 4) is 11.5 Å². The second-order valence-corrected chi connectivity index (χ2v) is 3.64. The Balaban J connectivity index is 2.49. The minimum absolute atomic E-state index is 0.148. The molecule has 0 saturated heterocycles. The van der Waals surface area contributed by atoms with E-state index in [9.17, 15) is 9.59 Å². The zero-order valence-corrected chi connectivity index (χ0v) is 9.54. The maximum Gasteiger partial charge on any atom is 0.308 e. The van der Waals surface area contributed by atoms with E-state index in [2.05, 4.69) is 19.9 Å². The van der Waals surface area contributed by atoms with Gasteiger partial charge in [0.2, 0.25) is 0 Å². The first-order chi connectivity index (χ1) is 8.58. The van der Waals surface area contributed by atoms with Gasteiger partial charge in [0, 0.05) is 23.7 Å². The summed E-state index contributed by atoms with van der Waals surface area (Å²) in [6.45, 7) is 1.59. The number of aromatic amines is 1. The smallest absolute Gasteiger partial charge is 0.308 e. The molecular formula is C11H10N4O3. The van der Waals surface area contributed by atoms with E-state index in [0.717, 1.165) is 0 Å². The lowest BCUT2D eigenvalue weighted by molar-refractivity contribution is -0.136. The molecule has 0 aromatic carbocycles. The second kappa shape index (κ2) is 4.74. The maximum absolute atomic E-state index is 11.8. The molecule has 0 aliphatic heterocycles. The monoisotopic (exact) mass is 246 g/mol. The highest BCUT2D eigenvalue weighted by Gasteiger charge is 2.12. The number of nitrogens with one attached hydrogen (secondary N) is 1. The van der Waals surface area contributed by atoms with Crippen molar-refractivity contribution in [1.29, 1.82) is 0 Å². The van der Waals surface area contributed by atoms with Crippen LogP contribution in [0, 0.1) is 6.92 Å². The summed E-state index contributed by atoms with van der Waals surface area (Å²) >= 11 is 0. The molecule has 0 fully saturated rings. The molecule has 2 aromatic heterocycles. The first-order valence-electron chi connectivity index (χ1n) is 5.16. The van der Waals surface area contributed by atoms with Gasteiger partial charge in [-0.25, -0.2) is 9.97 Å². The number of carboxylic acids is 1. The lowest BCUT2D eigenvalue weighted by Crippen LogP contribution is -2.20. The fourth-order valence-corrected chi connectivity index (χ4v) is 1.51. The van der Waals surface area contributed by atoms with Crippen LogP contribution in [0.1, 0.15) is 11.3 Å². The Hall–Kier alpha value is -2.57. The molecule has 92 valence electrons. The Kier molecular flexibility index (Phi) is 3.13. The Morgan fingerprint density at radius 1 is 1.44 bits per heavy atom. The largest absolute Gasteiger partial charge is 0.481 e. The average Bonchev–Trinajstić information content (AvgIpc) is 2.34. The minimum Gasteiger partial charge on any atom is -0.481 e. The Morgan fingerprint density at radius 3 is 2.78 bits per heavy atom. The molecule has 7 nitrogen and oxygen atoms in total. The van der Waals surface area contributed by atoms with E-state index in [4.69, 9.17) is 5.11 Å². The van der Waals surface area contributed by atoms with E-state index in [0.29, 0.717) is 11.4 Å². The van der Waals surface area contributed by atoms with Crippen molar-refractivity contribution >= 4 is 5.97 Å². The molecule has 7 heteroatoms. The number of rotatable bonds is 3. The van der Waals surface area contributed by atoms with Gasteiger partial charge in [-0.05, 0) is 6.92 Å². The summed E-state index contributed by atoms with van der Waals surface area (Å²) in [4.78, 5) is 36.9. The van der Waals surface area contributed by atoms with E-state index < -0.39 is 11.5 Å². The zero-order valence-electron chi connectivity index (χ0n) is 9.54. The Bertz CT molecular complexity index is 636. The first kappa shape index (κ1) is 11.9. The van der Waals surface area contributed by atoms with Gasteiger partial charge < -0.3 is 10.1 Å². The summed E-state index contributed by atoms with van der Waals surface area (Å²) in [5.41, 5.74) is 0.488. The highest BCUT2D eigenvalue weighted by molar-refractivity contribution is 5.70. The summed E-state index contributed by atoms with van der Waals surface area (Å²) < 4.78 is 0. The number of nitrogens with zero attached hydrogens (tertiary/aromatic N) is 3. The number of carboxylic acid groups (broad SMARTS) is 1. The average molecular weight is 246 g/mol. The molecule has 2 rings (SSSR count). The Morgan fingerprint density at radius 2 is 2.22 bits per heavy atom. The molecule has 0 spiro atoms. The summed E-state index contributed by atoms with van der Waals surface area (Å²) in [5, 5.41) is 8.70. The number of aromatic nitrogens is 4. The van der Waals surface area contributed by atoms with Crippen molar-refractivity contribution in [3.05, 3.63) is 40.2 Å². The molecule has 0 saturated carbocycles. The molecule has 18 heavy (non-hydrogen) atoms. The zero-order chi connectivity index (χ0) is 13.1. The van der Waals surface area contributed by atoms with Gasteiger partial charge in [0.25, 0.3) is 5.56 Å². The molecule has 0 radical (unpaired) electrons. The molecule has 2 aromatic rings. The van der Waals surface area contributed by atoms with Crippen molar-refractivity contribution in [1.82, 2.24) is 19.9 Å². The van der Waals surface area contributed by atoms with E-state index in [1.807, 2.05) is 0 Å². The van der Waals surface area contributed by atoms with E-state index in [1.54, 1.807) is 6.92 Å². The first-order valence-corrected chi connectivity index (χ1v) is 5.16. The third-order valence-electron chi connectivity index (χ3n) is 2.36. The number of H-pyrrole nitrogens is 1. The second-order valence-electron chi connectivity index (χ2n) is 3.64. The van der Waals surface area contributed by atoms with Gasteiger partial charge in [-0.15, -0.1) is 0 Å². The topological polar surface area (TPSA) is 109 Å². The van der Waals surface area contributed by atoms with Crippen molar-refractivity contribution in [3.63, 3.8) is 0 Å². The molecule has 0 amide bonds. The van der Waals surface area contributed by atoms with Gasteiger partial charge in [0.05, 0.1) is 12.6 Å². The van der Waals surface area contributed by atoms with Crippen LogP contribution >= 0.6 is 0 Å². The fourth-order valence-electron chi connectivity index (χ4n) is 1.51. The van der Waals surface area contributed by atoms with Gasteiger partial charge in [-0.2, -0.15) is 0 Å². The van der Waals surface area contributed by atoms with Gasteiger partial charge in [0.1, 0.15) is 5.69 Å². The van der Waals surface area contributed by atoms with Gasteiger partial charge >= 0.3 is 5.97 Å². The van der Waals surface area contributed by atoms with Crippen molar-refractivity contribution < 1.29 is 9.90 Å². The normalized spacial score (nSPS) is 10.3. The van der Waals surface area contributed by atoms with Gasteiger partial charge in [0.15, 0.2) is 5.82 Å². The molecule has 2 heterocycles. The Labute approximate surface area is 102 Å². The summed E-state index contributed by atoms with van der Waals surface area (Å²) in [7, 11) is 0. The SMILES string of the molecule is Cc1nc(-c2cnccn2)[nH]c(=O)c1CC(=O)O. The number of aliphatic carboxylic acids is 1. The highest BCUT2D eigenvalue weighted by atomic mass is 16.4. The van der Waals surface area contributed by atoms with Crippen LogP contribution in [0.3, 0.4) is 0 Å². The van der Waals surface area contributed by atoms with E-state index in [1.165, 1.54) is 18.6 Å². The number of aryl methyl sites for hydroxylation is 1. The molecule has 0 unspecified atom stereocenters. The number of hydrogen-bond donors (Lipinski definition) is 2. The number of hydrogen-bond acceptors (Lipinski definition) is 5. The predicted octanol–water partition coefficient (Wildman–Crippen LogP) is 0.162. The minimum atomic E-state index is -1.07. The highest BCUT2D eigenvalue weighted by Crippen LogP contribution is 2.09. The van der Waals surface area contributed by atoms with Crippen molar-refractivity contribution in [2.24, 2.45) is 0 Å². The van der Waals surface area contributed by atoms with E-state index >= 15 is 0 Å². The standard InChI is InChI=1S/C11H10N4O3/c1-6-7(4-9(16)17)11(18)15-10(14-6)8-5-12-2-3-13-8/h2-3,5H,4H2,1H3,(H,16,17)(H,14,15,18). The third-order valence-corrected chi connectivity index (χ3v) is 2.36. The van der Waals surface area contributed by atoms with Crippen LogP contribution in [0.2, 0.25) is 0 Å².